The van der Waals surface area contributed by atoms with E-state index in [1.807, 2.05) is 43.3 Å². The van der Waals surface area contributed by atoms with Gasteiger partial charge in [-0.3, -0.25) is 4.79 Å². The Balaban J connectivity index is 1.58. The molecule has 5 nitrogen and oxygen atoms in total. The molecule has 0 atom stereocenters. The van der Waals surface area contributed by atoms with Crippen LogP contribution in [0.1, 0.15) is 33.7 Å². The largest absolute Gasteiger partial charge is 0.347 e. The van der Waals surface area contributed by atoms with E-state index in [0.29, 0.717) is 18.2 Å². The molecule has 1 aromatic heterocycles. The zero-order valence-corrected chi connectivity index (χ0v) is 15.4. The molecule has 0 radical (unpaired) electrons. The van der Waals surface area contributed by atoms with Crippen molar-refractivity contribution >= 4 is 17.5 Å². The zero-order valence-electron chi connectivity index (χ0n) is 15.4. The predicted molar refractivity (Wildman–Crippen MR) is 106 cm³/mol. The third-order valence-electron chi connectivity index (χ3n) is 4.72. The van der Waals surface area contributed by atoms with Crippen molar-refractivity contribution in [3.63, 3.8) is 0 Å². The topological polar surface area (TPSA) is 58.1 Å². The maximum Gasteiger partial charge on any atom is 0.270 e. The number of nitrogens with one attached hydrogen (secondary N) is 1. The van der Waals surface area contributed by atoms with Gasteiger partial charge in [0.25, 0.3) is 5.91 Å². The van der Waals surface area contributed by atoms with Crippen LogP contribution in [0.2, 0.25) is 0 Å². The van der Waals surface area contributed by atoms with E-state index in [1.54, 1.807) is 6.07 Å². The third-order valence-corrected chi connectivity index (χ3v) is 4.72. The Morgan fingerprint density at radius 2 is 1.85 bits per heavy atom. The maximum absolute atomic E-state index is 12.6. The molecular weight excluding hydrogens is 336 g/mol. The van der Waals surface area contributed by atoms with Crippen LogP contribution < -0.4 is 10.2 Å². The number of hydrogen-bond donors (Lipinski definition) is 1. The number of carbonyl (C=O) groups is 1. The number of anilines is 2. The molecule has 0 spiro atoms. The fourth-order valence-electron chi connectivity index (χ4n) is 3.40. The van der Waals surface area contributed by atoms with Crippen molar-refractivity contribution in [2.24, 2.45) is 0 Å². The maximum atomic E-state index is 12.6. The molecular formula is C22H22N4O. The van der Waals surface area contributed by atoms with Gasteiger partial charge in [0.05, 0.1) is 0 Å². The molecule has 27 heavy (non-hydrogen) atoms. The molecule has 1 amide bonds. The quantitative estimate of drug-likeness (QED) is 0.771. The van der Waals surface area contributed by atoms with Crippen LogP contribution in [0, 0.1) is 6.92 Å². The summed E-state index contributed by atoms with van der Waals surface area (Å²) in [4.78, 5) is 23.9. The third kappa shape index (κ3) is 3.82. The number of rotatable bonds is 4. The SMILES string of the molecule is Cc1cc(C(=O)NCc2ccccc2)nc(N2CCCc3ccccc32)n1. The first-order chi connectivity index (χ1) is 13.2. The molecule has 5 heteroatoms. The van der Waals surface area contributed by atoms with E-state index in [9.17, 15) is 4.79 Å². The van der Waals surface area contributed by atoms with Crippen molar-refractivity contribution in [2.75, 3.05) is 11.4 Å². The normalized spacial score (nSPS) is 13.1. The van der Waals surface area contributed by atoms with Gasteiger partial charge in [-0.2, -0.15) is 0 Å². The Labute approximate surface area is 159 Å². The standard InChI is InChI=1S/C22H22N4O/c1-16-14-19(21(27)23-15-17-8-3-2-4-9-17)25-22(24-16)26-13-7-11-18-10-5-6-12-20(18)26/h2-6,8-10,12,14H,7,11,13,15H2,1H3,(H,23,27). The van der Waals surface area contributed by atoms with E-state index in [4.69, 9.17) is 0 Å². The second-order valence-corrected chi connectivity index (χ2v) is 6.75. The highest BCUT2D eigenvalue weighted by molar-refractivity contribution is 5.92. The number of hydrogen-bond acceptors (Lipinski definition) is 4. The van der Waals surface area contributed by atoms with Gasteiger partial charge >= 0.3 is 0 Å². The molecule has 1 N–H and O–H groups in total. The van der Waals surface area contributed by atoms with Gasteiger partial charge in [0, 0.05) is 24.5 Å². The average molecular weight is 358 g/mol. The second kappa shape index (κ2) is 7.58. The molecule has 0 unspecified atom stereocenters. The molecule has 2 aromatic carbocycles. The number of benzene rings is 2. The number of fused-ring (bicyclic) bond motifs is 1. The smallest absolute Gasteiger partial charge is 0.270 e. The summed E-state index contributed by atoms with van der Waals surface area (Å²) >= 11 is 0. The number of carbonyl (C=O) groups excluding carboxylic acids is 1. The molecule has 2 heterocycles. The van der Waals surface area contributed by atoms with Gasteiger partial charge in [0.1, 0.15) is 5.69 Å². The first-order valence-electron chi connectivity index (χ1n) is 9.24. The van der Waals surface area contributed by atoms with Crippen molar-refractivity contribution in [1.82, 2.24) is 15.3 Å². The highest BCUT2D eigenvalue weighted by atomic mass is 16.1. The van der Waals surface area contributed by atoms with Gasteiger partial charge < -0.3 is 10.2 Å². The van der Waals surface area contributed by atoms with E-state index >= 15 is 0 Å². The first-order valence-corrected chi connectivity index (χ1v) is 9.24. The van der Waals surface area contributed by atoms with E-state index < -0.39 is 0 Å². The lowest BCUT2D eigenvalue weighted by atomic mass is 10.0. The number of amides is 1. The van der Waals surface area contributed by atoms with E-state index in [-0.39, 0.29) is 5.91 Å². The van der Waals surface area contributed by atoms with E-state index in [1.165, 1.54) is 5.56 Å². The Bertz CT molecular complexity index is 956. The highest BCUT2D eigenvalue weighted by Gasteiger charge is 2.21. The lowest BCUT2D eigenvalue weighted by Gasteiger charge is -2.29. The Hall–Kier alpha value is -3.21. The van der Waals surface area contributed by atoms with Crippen LogP contribution in [-0.4, -0.2) is 22.4 Å². The summed E-state index contributed by atoms with van der Waals surface area (Å²) in [6.45, 7) is 3.23. The van der Waals surface area contributed by atoms with Crippen molar-refractivity contribution in [3.8, 4) is 0 Å². The van der Waals surface area contributed by atoms with Crippen LogP contribution in [-0.2, 0) is 13.0 Å². The van der Waals surface area contributed by atoms with Gasteiger partial charge in [-0.15, -0.1) is 0 Å². The van der Waals surface area contributed by atoms with Gasteiger partial charge in [-0.05, 0) is 43.0 Å². The molecule has 0 saturated carbocycles. The van der Waals surface area contributed by atoms with Crippen LogP contribution in [0.3, 0.4) is 0 Å². The molecule has 0 aliphatic carbocycles. The van der Waals surface area contributed by atoms with Crippen molar-refractivity contribution in [2.45, 2.75) is 26.3 Å². The number of nitrogens with zero attached hydrogens (tertiary/aromatic N) is 3. The molecule has 0 bridgehead atoms. The minimum absolute atomic E-state index is 0.184. The molecule has 136 valence electrons. The summed E-state index contributed by atoms with van der Waals surface area (Å²) in [5.74, 6) is 0.405. The van der Waals surface area contributed by atoms with Crippen molar-refractivity contribution in [3.05, 3.63) is 83.2 Å². The number of aryl methyl sites for hydroxylation is 2. The zero-order chi connectivity index (χ0) is 18.6. The molecule has 4 rings (SSSR count). The summed E-state index contributed by atoms with van der Waals surface area (Å²) in [6.07, 6.45) is 2.10. The van der Waals surface area contributed by atoms with Crippen molar-refractivity contribution < 1.29 is 4.79 Å². The summed E-state index contributed by atoms with van der Waals surface area (Å²) < 4.78 is 0. The van der Waals surface area contributed by atoms with Crippen LogP contribution >= 0.6 is 0 Å². The number of aromatic nitrogens is 2. The fraction of sp³-hybridized carbons (Fsp3) is 0.227. The van der Waals surface area contributed by atoms with Crippen LogP contribution in [0.25, 0.3) is 0 Å². The molecule has 0 saturated heterocycles. The summed E-state index contributed by atoms with van der Waals surface area (Å²) in [6, 6.07) is 19.9. The second-order valence-electron chi connectivity index (χ2n) is 6.75. The lowest BCUT2D eigenvalue weighted by Crippen LogP contribution is -2.29. The first kappa shape index (κ1) is 17.2. The van der Waals surface area contributed by atoms with Gasteiger partial charge in [0.2, 0.25) is 5.95 Å². The highest BCUT2D eigenvalue weighted by Crippen LogP contribution is 2.31. The Kier molecular flexibility index (Phi) is 4.83. The fourth-order valence-corrected chi connectivity index (χ4v) is 3.40. The van der Waals surface area contributed by atoms with Gasteiger partial charge in [-0.25, -0.2) is 9.97 Å². The van der Waals surface area contributed by atoms with Crippen LogP contribution in [0.15, 0.2) is 60.7 Å². The minimum atomic E-state index is -0.184. The minimum Gasteiger partial charge on any atom is -0.347 e. The molecule has 1 aliphatic heterocycles. The summed E-state index contributed by atoms with van der Waals surface area (Å²) in [5, 5.41) is 2.94. The predicted octanol–water partition coefficient (Wildman–Crippen LogP) is 3.80. The summed E-state index contributed by atoms with van der Waals surface area (Å²) in [7, 11) is 0. The molecule has 3 aromatic rings. The van der Waals surface area contributed by atoms with Crippen LogP contribution in [0.4, 0.5) is 11.6 Å². The summed E-state index contributed by atoms with van der Waals surface area (Å²) in [5.41, 5.74) is 4.67. The lowest BCUT2D eigenvalue weighted by molar-refractivity contribution is 0.0945. The molecule has 1 aliphatic rings. The van der Waals surface area contributed by atoms with E-state index in [2.05, 4.69) is 38.4 Å². The Morgan fingerprint density at radius 1 is 1.07 bits per heavy atom. The number of para-hydroxylation sites is 1. The Morgan fingerprint density at radius 3 is 2.70 bits per heavy atom. The average Bonchev–Trinajstić information content (AvgIpc) is 2.72. The van der Waals surface area contributed by atoms with Crippen LogP contribution in [0.5, 0.6) is 0 Å². The van der Waals surface area contributed by atoms with Gasteiger partial charge in [-0.1, -0.05) is 48.5 Å². The van der Waals surface area contributed by atoms with E-state index in [0.717, 1.165) is 36.3 Å². The monoisotopic (exact) mass is 358 g/mol. The van der Waals surface area contributed by atoms with Crippen molar-refractivity contribution in [1.29, 1.82) is 0 Å². The van der Waals surface area contributed by atoms with Gasteiger partial charge in [0.15, 0.2) is 0 Å². The molecule has 0 fully saturated rings.